The van der Waals surface area contributed by atoms with Gasteiger partial charge in [0.05, 0.1) is 11.1 Å². The van der Waals surface area contributed by atoms with E-state index in [0.29, 0.717) is 0 Å². The molecule has 0 saturated heterocycles. The molecule has 0 saturated carbocycles. The second kappa shape index (κ2) is 4.80. The van der Waals surface area contributed by atoms with Crippen LogP contribution >= 0.6 is 0 Å². The lowest BCUT2D eigenvalue weighted by molar-refractivity contribution is -0.110. The minimum Gasteiger partial charge on any atom is -0.306 e. The van der Waals surface area contributed by atoms with Gasteiger partial charge < -0.3 is 5.32 Å². The zero-order valence-electron chi connectivity index (χ0n) is 10.6. The molecule has 0 radical (unpaired) electrons. The number of carbonyl (C=O) groups excluding carboxylic acids is 1. The fourth-order valence-electron chi connectivity index (χ4n) is 2.16. The summed E-state index contributed by atoms with van der Waals surface area (Å²) in [6.07, 6.45) is 2.77. The summed E-state index contributed by atoms with van der Waals surface area (Å²) in [4.78, 5) is 15.6. The molecule has 1 aliphatic heterocycles. The third-order valence-corrected chi connectivity index (χ3v) is 3.94. The zero-order chi connectivity index (χ0) is 15.0. The number of nitrogens with zero attached hydrogens (tertiary/aromatic N) is 1. The molecule has 3 rings (SSSR count). The standard InChI is InChI=1S/C14H10N2O4S/c17-14-10(8-9-4-2-1-3-5-9)12-11(21(18,19)20)6-7-15-13(12)16-14/h1-8H,(H,15,16,17)(H,18,19,20). The summed E-state index contributed by atoms with van der Waals surface area (Å²) in [7, 11) is -4.45. The van der Waals surface area contributed by atoms with Gasteiger partial charge in [0.1, 0.15) is 10.7 Å². The van der Waals surface area contributed by atoms with Crippen molar-refractivity contribution in [2.45, 2.75) is 4.90 Å². The van der Waals surface area contributed by atoms with Crippen molar-refractivity contribution >= 4 is 33.5 Å². The van der Waals surface area contributed by atoms with E-state index in [4.69, 9.17) is 0 Å². The van der Waals surface area contributed by atoms with E-state index in [-0.39, 0.29) is 21.8 Å². The Bertz CT molecular complexity index is 858. The van der Waals surface area contributed by atoms with Crippen LogP contribution in [0.1, 0.15) is 11.1 Å². The van der Waals surface area contributed by atoms with Crippen molar-refractivity contribution in [3.05, 3.63) is 53.7 Å². The molecule has 0 bridgehead atoms. The van der Waals surface area contributed by atoms with Gasteiger partial charge in [-0.3, -0.25) is 9.35 Å². The van der Waals surface area contributed by atoms with Crippen LogP contribution < -0.4 is 5.32 Å². The van der Waals surface area contributed by atoms with E-state index in [1.165, 1.54) is 6.20 Å². The van der Waals surface area contributed by atoms with Crippen molar-refractivity contribution in [1.82, 2.24) is 4.98 Å². The average Bonchev–Trinajstić information content (AvgIpc) is 2.75. The van der Waals surface area contributed by atoms with Crippen molar-refractivity contribution in [2.75, 3.05) is 5.32 Å². The van der Waals surface area contributed by atoms with Crippen molar-refractivity contribution in [3.8, 4) is 0 Å². The number of anilines is 1. The number of nitrogens with one attached hydrogen (secondary N) is 1. The molecule has 2 N–H and O–H groups in total. The summed E-state index contributed by atoms with van der Waals surface area (Å²) in [5.41, 5.74) is 0.978. The molecule has 7 heteroatoms. The molecule has 1 aromatic heterocycles. The van der Waals surface area contributed by atoms with Gasteiger partial charge in [-0.15, -0.1) is 0 Å². The van der Waals surface area contributed by atoms with Crippen LogP contribution in [0.25, 0.3) is 11.6 Å². The number of benzene rings is 1. The number of amides is 1. The van der Waals surface area contributed by atoms with Gasteiger partial charge in [0.25, 0.3) is 16.0 Å². The van der Waals surface area contributed by atoms with Crippen molar-refractivity contribution < 1.29 is 17.8 Å². The van der Waals surface area contributed by atoms with Crippen LogP contribution in [0, 0.1) is 0 Å². The Morgan fingerprint density at radius 3 is 2.52 bits per heavy atom. The molecular weight excluding hydrogens is 292 g/mol. The largest absolute Gasteiger partial charge is 0.306 e. The Morgan fingerprint density at radius 1 is 1.14 bits per heavy atom. The molecule has 6 nitrogen and oxygen atoms in total. The normalized spacial score (nSPS) is 15.9. The molecule has 0 unspecified atom stereocenters. The molecule has 0 fully saturated rings. The van der Waals surface area contributed by atoms with Crippen LogP contribution in [0.15, 0.2) is 47.5 Å². The fourth-order valence-corrected chi connectivity index (χ4v) is 2.85. The van der Waals surface area contributed by atoms with Crippen molar-refractivity contribution in [2.24, 2.45) is 0 Å². The third-order valence-electron chi connectivity index (χ3n) is 3.05. The van der Waals surface area contributed by atoms with Crippen LogP contribution in [0.3, 0.4) is 0 Å². The Hall–Kier alpha value is -2.51. The zero-order valence-corrected chi connectivity index (χ0v) is 11.5. The monoisotopic (exact) mass is 302 g/mol. The van der Waals surface area contributed by atoms with Gasteiger partial charge in [-0.25, -0.2) is 4.98 Å². The molecule has 0 atom stereocenters. The van der Waals surface area contributed by atoms with Gasteiger partial charge in [-0.1, -0.05) is 30.3 Å². The lowest BCUT2D eigenvalue weighted by Crippen LogP contribution is -2.04. The number of rotatable bonds is 2. The van der Waals surface area contributed by atoms with E-state index < -0.39 is 16.0 Å². The predicted molar refractivity (Wildman–Crippen MR) is 77.0 cm³/mol. The summed E-state index contributed by atoms with van der Waals surface area (Å²) in [5, 5.41) is 2.49. The van der Waals surface area contributed by atoms with Crippen molar-refractivity contribution in [3.63, 3.8) is 0 Å². The van der Waals surface area contributed by atoms with Crippen LogP contribution in [-0.4, -0.2) is 23.9 Å². The van der Waals surface area contributed by atoms with Gasteiger partial charge >= 0.3 is 0 Å². The van der Waals surface area contributed by atoms with Crippen LogP contribution in [0.4, 0.5) is 5.82 Å². The second-order valence-corrected chi connectivity index (χ2v) is 5.82. The smallest absolute Gasteiger partial charge is 0.295 e. The van der Waals surface area contributed by atoms with E-state index in [2.05, 4.69) is 10.3 Å². The molecule has 2 heterocycles. The Morgan fingerprint density at radius 2 is 1.86 bits per heavy atom. The van der Waals surface area contributed by atoms with Gasteiger partial charge in [0.2, 0.25) is 0 Å². The lowest BCUT2D eigenvalue weighted by atomic mass is 10.1. The van der Waals surface area contributed by atoms with Gasteiger partial charge in [0.15, 0.2) is 0 Å². The van der Waals surface area contributed by atoms with E-state index in [0.717, 1.165) is 11.6 Å². The fraction of sp³-hybridized carbons (Fsp3) is 0. The molecule has 1 aliphatic rings. The number of pyridine rings is 1. The predicted octanol–water partition coefficient (Wildman–Crippen LogP) is 1.82. The first-order valence-electron chi connectivity index (χ1n) is 6.02. The molecule has 2 aromatic rings. The highest BCUT2D eigenvalue weighted by Gasteiger charge is 2.31. The maximum absolute atomic E-state index is 12.0. The number of aromatic nitrogens is 1. The highest BCUT2D eigenvalue weighted by Crippen LogP contribution is 2.36. The Balaban J connectivity index is 2.25. The summed E-state index contributed by atoms with van der Waals surface area (Å²) < 4.78 is 32.2. The van der Waals surface area contributed by atoms with Crippen LogP contribution in [-0.2, 0) is 14.9 Å². The second-order valence-electron chi connectivity index (χ2n) is 4.43. The molecular formula is C14H10N2O4S. The molecule has 0 aliphatic carbocycles. The molecule has 1 amide bonds. The number of hydrogen-bond acceptors (Lipinski definition) is 4. The Kier molecular flexibility index (Phi) is 3.08. The minimum absolute atomic E-state index is 0.0915. The Labute approximate surface area is 120 Å². The highest BCUT2D eigenvalue weighted by atomic mass is 32.2. The maximum atomic E-state index is 12.0. The van der Waals surface area contributed by atoms with E-state index in [1.54, 1.807) is 30.3 Å². The topological polar surface area (TPSA) is 96.4 Å². The maximum Gasteiger partial charge on any atom is 0.295 e. The molecule has 1 aromatic carbocycles. The first-order valence-corrected chi connectivity index (χ1v) is 7.46. The summed E-state index contributed by atoms with van der Waals surface area (Å²) >= 11 is 0. The summed E-state index contributed by atoms with van der Waals surface area (Å²) in [5.74, 6) is -0.338. The van der Waals surface area contributed by atoms with Gasteiger partial charge in [0, 0.05) is 6.20 Å². The van der Waals surface area contributed by atoms with E-state index >= 15 is 0 Å². The number of hydrogen-bond donors (Lipinski definition) is 2. The van der Waals surface area contributed by atoms with Gasteiger partial charge in [-0.05, 0) is 17.7 Å². The first-order chi connectivity index (χ1) is 9.97. The molecule has 0 spiro atoms. The van der Waals surface area contributed by atoms with Crippen molar-refractivity contribution in [1.29, 1.82) is 0 Å². The number of carbonyl (C=O) groups is 1. The quantitative estimate of drug-likeness (QED) is 0.651. The average molecular weight is 302 g/mol. The van der Waals surface area contributed by atoms with Crippen LogP contribution in [0.2, 0.25) is 0 Å². The molecule has 106 valence electrons. The van der Waals surface area contributed by atoms with Gasteiger partial charge in [-0.2, -0.15) is 8.42 Å². The SMILES string of the molecule is O=C1Nc2nccc(S(=O)(=O)O)c2C1=Cc1ccccc1. The highest BCUT2D eigenvalue weighted by molar-refractivity contribution is 7.86. The molecule has 21 heavy (non-hydrogen) atoms. The van der Waals surface area contributed by atoms with Crippen LogP contribution in [0.5, 0.6) is 0 Å². The summed E-state index contributed by atoms with van der Waals surface area (Å²) in [6.45, 7) is 0. The first kappa shape index (κ1) is 13.5. The summed E-state index contributed by atoms with van der Waals surface area (Å²) in [6, 6.07) is 10.1. The number of fused-ring (bicyclic) bond motifs is 1. The lowest BCUT2D eigenvalue weighted by Gasteiger charge is -2.04. The van der Waals surface area contributed by atoms with E-state index in [1.807, 2.05) is 6.07 Å². The minimum atomic E-state index is -4.45. The third kappa shape index (κ3) is 2.44. The van der Waals surface area contributed by atoms with E-state index in [9.17, 15) is 17.8 Å².